The van der Waals surface area contributed by atoms with E-state index in [4.69, 9.17) is 18.9 Å². The SMILES string of the molecule is C/C=C/C=C/C(=O)OC1=CC[C@@]2(O)[C@H]3Cc4ccc(OC(=O)OC(C)(C)C)c5c4[C@@]2(CCN3C)[C@H]1O5. The normalized spacial score (nSPS) is 30.6. The van der Waals surface area contributed by atoms with Crippen LogP contribution < -0.4 is 9.47 Å². The summed E-state index contributed by atoms with van der Waals surface area (Å²) in [6.45, 7) is 7.89. The van der Waals surface area contributed by atoms with Crippen molar-refractivity contribution in [1.29, 1.82) is 0 Å². The highest BCUT2D eigenvalue weighted by molar-refractivity contribution is 5.83. The lowest BCUT2D eigenvalue weighted by atomic mass is 9.50. The van der Waals surface area contributed by atoms with Crippen LogP contribution >= 0.6 is 0 Å². The van der Waals surface area contributed by atoms with E-state index in [1.807, 2.05) is 26.1 Å². The molecule has 1 fully saturated rings. The lowest BCUT2D eigenvalue weighted by Crippen LogP contribution is -2.74. The van der Waals surface area contributed by atoms with Crippen LogP contribution in [0.25, 0.3) is 0 Å². The molecule has 0 unspecified atom stereocenters. The first-order chi connectivity index (χ1) is 17.0. The third kappa shape index (κ3) is 3.66. The van der Waals surface area contributed by atoms with Crippen molar-refractivity contribution in [3.8, 4) is 11.5 Å². The van der Waals surface area contributed by atoms with Gasteiger partial charge in [0.2, 0.25) is 0 Å². The molecule has 1 N–H and O–H groups in total. The van der Waals surface area contributed by atoms with Crippen LogP contribution in [0.3, 0.4) is 0 Å². The zero-order chi connectivity index (χ0) is 25.9. The van der Waals surface area contributed by atoms with Gasteiger partial charge >= 0.3 is 12.1 Å². The van der Waals surface area contributed by atoms with Gasteiger partial charge in [0.05, 0.1) is 11.0 Å². The molecule has 2 aliphatic carbocycles. The van der Waals surface area contributed by atoms with E-state index in [1.54, 1.807) is 45.1 Å². The number of benzene rings is 1. The van der Waals surface area contributed by atoms with Gasteiger partial charge < -0.3 is 29.0 Å². The highest BCUT2D eigenvalue weighted by Gasteiger charge is 2.72. The standard InChI is InChI=1S/C28H33NO7/c1-6-7-8-9-21(30)33-19-12-13-28(32)20-16-17-10-11-18(34-25(31)36-26(2,3)4)23-22(17)27(28,24(19)35-23)14-15-29(20)5/h6-12,20,24,32H,13-16H2,1-5H3/b7-6+,9-8+/t20-,24+,27+,28-/m1/s1. The van der Waals surface area contributed by atoms with Crippen LogP contribution in [0.2, 0.25) is 0 Å². The van der Waals surface area contributed by atoms with Crippen molar-refractivity contribution in [3.63, 3.8) is 0 Å². The first-order valence-electron chi connectivity index (χ1n) is 12.4. The van der Waals surface area contributed by atoms with Crippen molar-refractivity contribution in [2.24, 2.45) is 0 Å². The number of likely N-dealkylation sites (tertiary alicyclic amines) is 1. The largest absolute Gasteiger partial charge is 0.514 e. The predicted molar refractivity (Wildman–Crippen MR) is 132 cm³/mol. The Morgan fingerprint density at radius 1 is 1.22 bits per heavy atom. The van der Waals surface area contributed by atoms with Crippen LogP contribution in [0.5, 0.6) is 11.5 Å². The van der Waals surface area contributed by atoms with Crippen molar-refractivity contribution >= 4 is 12.1 Å². The molecule has 1 aromatic rings. The van der Waals surface area contributed by atoms with E-state index in [0.717, 1.165) is 17.7 Å². The Labute approximate surface area is 211 Å². The second-order valence-corrected chi connectivity index (χ2v) is 11.0. The van der Waals surface area contributed by atoms with Gasteiger partial charge in [0.25, 0.3) is 0 Å². The molecule has 8 heteroatoms. The average Bonchev–Trinajstić information content (AvgIpc) is 3.14. The van der Waals surface area contributed by atoms with Crippen LogP contribution in [0.1, 0.15) is 51.7 Å². The van der Waals surface area contributed by atoms with Crippen LogP contribution in [-0.2, 0) is 26.1 Å². The van der Waals surface area contributed by atoms with Crippen molar-refractivity contribution in [2.45, 2.75) is 75.7 Å². The molecule has 5 rings (SSSR count). The van der Waals surface area contributed by atoms with E-state index >= 15 is 0 Å². The molecule has 0 amide bonds. The second-order valence-electron chi connectivity index (χ2n) is 11.0. The lowest BCUT2D eigenvalue weighted by molar-refractivity contribution is -0.168. The first-order valence-corrected chi connectivity index (χ1v) is 12.4. The minimum Gasteiger partial charge on any atom is -0.477 e. The van der Waals surface area contributed by atoms with Crippen LogP contribution in [-0.4, -0.2) is 59.1 Å². The molecule has 2 heterocycles. The maximum atomic E-state index is 12.6. The Morgan fingerprint density at radius 3 is 2.72 bits per heavy atom. The van der Waals surface area contributed by atoms with E-state index < -0.39 is 34.8 Å². The van der Waals surface area contributed by atoms with E-state index in [2.05, 4.69) is 4.90 Å². The number of esters is 1. The number of aliphatic hydroxyl groups is 1. The van der Waals surface area contributed by atoms with Gasteiger partial charge in [0.15, 0.2) is 17.6 Å². The Bertz CT molecular complexity index is 1190. The molecule has 2 aliphatic heterocycles. The summed E-state index contributed by atoms with van der Waals surface area (Å²) in [6, 6.07) is 3.51. The Hall–Kier alpha value is -3.10. The smallest absolute Gasteiger partial charge is 0.477 e. The summed E-state index contributed by atoms with van der Waals surface area (Å²) < 4.78 is 23.2. The fourth-order valence-corrected chi connectivity index (χ4v) is 6.26. The Balaban J connectivity index is 1.58. The molecular weight excluding hydrogens is 462 g/mol. The molecule has 1 saturated heterocycles. The summed E-state index contributed by atoms with van der Waals surface area (Å²) in [5.41, 5.74) is -0.815. The van der Waals surface area contributed by atoms with Gasteiger partial charge in [-0.2, -0.15) is 0 Å². The number of ether oxygens (including phenoxy) is 4. The summed E-state index contributed by atoms with van der Waals surface area (Å²) in [5, 5.41) is 12.3. The van der Waals surface area contributed by atoms with Gasteiger partial charge in [-0.25, -0.2) is 9.59 Å². The van der Waals surface area contributed by atoms with Crippen molar-refractivity contribution in [2.75, 3.05) is 13.6 Å². The molecule has 0 aromatic heterocycles. The third-order valence-electron chi connectivity index (χ3n) is 7.68. The average molecular weight is 496 g/mol. The minimum atomic E-state index is -1.13. The van der Waals surface area contributed by atoms with Gasteiger partial charge in [-0.3, -0.25) is 0 Å². The van der Waals surface area contributed by atoms with Crippen LogP contribution in [0.15, 0.2) is 48.3 Å². The number of allylic oxidation sites excluding steroid dienone is 3. The summed E-state index contributed by atoms with van der Waals surface area (Å²) in [5.74, 6) is 0.472. The lowest BCUT2D eigenvalue weighted by Gasteiger charge is -2.61. The number of rotatable bonds is 4. The minimum absolute atomic E-state index is 0.128. The van der Waals surface area contributed by atoms with Gasteiger partial charge in [-0.05, 0) is 71.8 Å². The second kappa shape index (κ2) is 8.49. The highest BCUT2D eigenvalue weighted by Crippen LogP contribution is 2.65. The van der Waals surface area contributed by atoms with E-state index in [9.17, 15) is 14.7 Å². The Morgan fingerprint density at radius 2 is 2.00 bits per heavy atom. The number of likely N-dealkylation sites (N-methyl/N-ethyl adjacent to an activating group) is 1. The molecule has 1 spiro atoms. The molecule has 1 aromatic carbocycles. The molecule has 192 valence electrons. The zero-order valence-corrected chi connectivity index (χ0v) is 21.4. The van der Waals surface area contributed by atoms with Crippen LogP contribution in [0.4, 0.5) is 4.79 Å². The molecule has 36 heavy (non-hydrogen) atoms. The monoisotopic (exact) mass is 495 g/mol. The van der Waals surface area contributed by atoms with Gasteiger partial charge in [0.1, 0.15) is 11.4 Å². The molecular formula is C28H33NO7. The first kappa shape index (κ1) is 24.6. The summed E-state index contributed by atoms with van der Waals surface area (Å²) >= 11 is 0. The Kier molecular flexibility index (Phi) is 5.80. The number of carbonyl (C=O) groups is 2. The highest BCUT2D eigenvalue weighted by atomic mass is 16.7. The topological polar surface area (TPSA) is 94.5 Å². The van der Waals surface area contributed by atoms with Crippen LogP contribution in [0, 0.1) is 0 Å². The maximum Gasteiger partial charge on any atom is 0.514 e. The van der Waals surface area contributed by atoms with Gasteiger partial charge in [0, 0.05) is 24.1 Å². The molecule has 4 aliphatic rings. The number of carbonyl (C=O) groups excluding carboxylic acids is 2. The molecule has 8 nitrogen and oxygen atoms in total. The van der Waals surface area contributed by atoms with E-state index in [-0.39, 0.29) is 11.8 Å². The number of hydrogen-bond donors (Lipinski definition) is 1. The summed E-state index contributed by atoms with van der Waals surface area (Å²) in [4.78, 5) is 27.3. The van der Waals surface area contributed by atoms with Gasteiger partial charge in [-0.15, -0.1) is 0 Å². The molecule has 0 saturated carbocycles. The van der Waals surface area contributed by atoms with E-state index in [0.29, 0.717) is 30.8 Å². The van der Waals surface area contributed by atoms with Crippen molar-refractivity contribution < 1.29 is 33.6 Å². The van der Waals surface area contributed by atoms with Crippen molar-refractivity contribution in [3.05, 3.63) is 59.4 Å². The fraction of sp³-hybridized carbons (Fsp3) is 0.500. The quantitative estimate of drug-likeness (QED) is 0.290. The predicted octanol–water partition coefficient (Wildman–Crippen LogP) is 3.95. The fourth-order valence-electron chi connectivity index (χ4n) is 6.26. The number of nitrogens with zero attached hydrogens (tertiary/aromatic N) is 1. The summed E-state index contributed by atoms with van der Waals surface area (Å²) in [7, 11) is 2.03. The third-order valence-corrected chi connectivity index (χ3v) is 7.68. The number of hydrogen-bond acceptors (Lipinski definition) is 8. The molecule has 4 atom stereocenters. The molecule has 0 radical (unpaired) electrons. The zero-order valence-electron chi connectivity index (χ0n) is 21.4. The maximum absolute atomic E-state index is 12.6. The molecule has 2 bridgehead atoms. The van der Waals surface area contributed by atoms with Gasteiger partial charge in [-0.1, -0.05) is 24.3 Å². The van der Waals surface area contributed by atoms with Crippen molar-refractivity contribution in [1.82, 2.24) is 4.90 Å². The number of piperidine rings is 1. The summed E-state index contributed by atoms with van der Waals surface area (Å²) in [6.07, 6.45) is 8.27. The van der Waals surface area contributed by atoms with E-state index in [1.165, 1.54) is 6.08 Å².